The van der Waals surface area contributed by atoms with Gasteiger partial charge < -0.3 is 5.11 Å². The van der Waals surface area contributed by atoms with E-state index < -0.39 is 16.0 Å². The Bertz CT molecular complexity index is 781. The summed E-state index contributed by atoms with van der Waals surface area (Å²) in [4.78, 5) is 16.7. The number of aromatic carboxylic acids is 1. The number of pyridine rings is 1. The Balaban J connectivity index is 2.17. The Morgan fingerprint density at radius 3 is 2.67 bits per heavy atom. The molecule has 6 nitrogen and oxygen atoms in total. The van der Waals surface area contributed by atoms with Gasteiger partial charge in [-0.1, -0.05) is 0 Å². The highest BCUT2D eigenvalue weighted by Gasteiger charge is 2.19. The summed E-state index contributed by atoms with van der Waals surface area (Å²) in [6, 6.07) is 4.31. The highest BCUT2D eigenvalue weighted by atomic mass is 32.2. The van der Waals surface area contributed by atoms with E-state index in [9.17, 15) is 13.2 Å². The third-order valence-corrected chi connectivity index (χ3v) is 5.41. The molecule has 2 heterocycles. The molecule has 0 unspecified atom stereocenters. The van der Waals surface area contributed by atoms with E-state index >= 15 is 0 Å². The highest BCUT2D eigenvalue weighted by Crippen LogP contribution is 2.24. The largest absolute Gasteiger partial charge is 0.478 e. The molecule has 0 saturated carbocycles. The summed E-state index contributed by atoms with van der Waals surface area (Å²) in [7, 11) is -3.63. The van der Waals surface area contributed by atoms with Crippen LogP contribution in [0.15, 0.2) is 29.3 Å². The molecule has 112 valence electrons. The Labute approximate surface area is 126 Å². The quantitative estimate of drug-likeness (QED) is 0.875. The lowest BCUT2D eigenvalue weighted by Gasteiger charge is -2.06. The normalized spacial score (nSPS) is 11.5. The Morgan fingerprint density at radius 1 is 1.38 bits per heavy atom. The van der Waals surface area contributed by atoms with Crippen LogP contribution in [-0.4, -0.2) is 24.5 Å². The van der Waals surface area contributed by atoms with E-state index in [1.165, 1.54) is 29.7 Å². The number of nitrogens with one attached hydrogen (secondary N) is 1. The second kappa shape index (κ2) is 5.92. The predicted octanol–water partition coefficient (Wildman–Crippen LogP) is 1.94. The van der Waals surface area contributed by atoms with Gasteiger partial charge in [-0.3, -0.25) is 4.98 Å². The van der Waals surface area contributed by atoms with Gasteiger partial charge in [0.1, 0.15) is 0 Å². The Hall–Kier alpha value is -1.77. The van der Waals surface area contributed by atoms with Crippen molar-refractivity contribution in [3.63, 3.8) is 0 Å². The van der Waals surface area contributed by atoms with Crippen LogP contribution in [-0.2, 0) is 16.6 Å². The summed E-state index contributed by atoms with van der Waals surface area (Å²) in [5.74, 6) is -1.08. The zero-order valence-corrected chi connectivity index (χ0v) is 13.1. The van der Waals surface area contributed by atoms with E-state index in [1.54, 1.807) is 13.0 Å². The fourth-order valence-corrected chi connectivity index (χ4v) is 4.38. The number of thiophene rings is 1. The lowest BCUT2D eigenvalue weighted by molar-refractivity contribution is 0.0696. The molecule has 0 aliphatic carbocycles. The van der Waals surface area contributed by atoms with E-state index in [4.69, 9.17) is 5.11 Å². The molecule has 0 radical (unpaired) electrons. The van der Waals surface area contributed by atoms with Crippen LogP contribution in [0.2, 0.25) is 0 Å². The first-order valence-corrected chi connectivity index (χ1v) is 8.34. The molecule has 21 heavy (non-hydrogen) atoms. The Morgan fingerprint density at radius 2 is 2.10 bits per heavy atom. The van der Waals surface area contributed by atoms with Gasteiger partial charge in [0.25, 0.3) is 0 Å². The van der Waals surface area contributed by atoms with Crippen LogP contribution in [0.3, 0.4) is 0 Å². The van der Waals surface area contributed by atoms with Gasteiger partial charge in [-0.2, -0.15) is 0 Å². The molecule has 8 heteroatoms. The van der Waals surface area contributed by atoms with Crippen LogP contribution < -0.4 is 4.72 Å². The summed E-state index contributed by atoms with van der Waals surface area (Å²) >= 11 is 1.41. The molecule has 0 fully saturated rings. The molecule has 0 amide bonds. The van der Waals surface area contributed by atoms with Crippen LogP contribution in [0.4, 0.5) is 0 Å². The van der Waals surface area contributed by atoms with Gasteiger partial charge in [-0.15, -0.1) is 11.3 Å². The molecule has 2 aromatic heterocycles. The van der Waals surface area contributed by atoms with Crippen molar-refractivity contribution in [1.29, 1.82) is 0 Å². The molecule has 0 saturated heterocycles. The summed E-state index contributed by atoms with van der Waals surface area (Å²) in [6.45, 7) is 3.53. The first-order valence-electron chi connectivity index (χ1n) is 6.04. The lowest BCUT2D eigenvalue weighted by Crippen LogP contribution is -2.24. The third kappa shape index (κ3) is 3.66. The average Bonchev–Trinajstić information content (AvgIpc) is 2.77. The molecule has 2 aromatic rings. The van der Waals surface area contributed by atoms with Crippen LogP contribution in [0.5, 0.6) is 0 Å². The molecule has 2 N–H and O–H groups in total. The third-order valence-electron chi connectivity index (χ3n) is 2.79. The number of carbonyl (C=O) groups is 1. The SMILES string of the molecule is Cc1cc(S(=O)(=O)NCc2cc(C(=O)O)ccn2)c(C)s1. The average molecular weight is 326 g/mol. The van der Waals surface area contributed by atoms with Gasteiger partial charge in [0, 0.05) is 16.0 Å². The van der Waals surface area contributed by atoms with E-state index in [1.807, 2.05) is 6.92 Å². The summed E-state index contributed by atoms with van der Waals surface area (Å²) in [5, 5.41) is 8.89. The number of aryl methyl sites for hydroxylation is 2. The second-order valence-electron chi connectivity index (χ2n) is 4.44. The van der Waals surface area contributed by atoms with Crippen molar-refractivity contribution >= 4 is 27.3 Å². The minimum atomic E-state index is -3.63. The molecule has 0 aromatic carbocycles. The second-order valence-corrected chi connectivity index (χ2v) is 7.64. The molecular weight excluding hydrogens is 312 g/mol. The number of aromatic nitrogens is 1. The fourth-order valence-electron chi connectivity index (χ4n) is 1.83. The van der Waals surface area contributed by atoms with Gasteiger partial charge in [0.05, 0.1) is 22.7 Å². The van der Waals surface area contributed by atoms with Crippen molar-refractivity contribution < 1.29 is 18.3 Å². The van der Waals surface area contributed by atoms with Crippen molar-refractivity contribution in [3.8, 4) is 0 Å². The van der Waals surface area contributed by atoms with Crippen molar-refractivity contribution in [2.45, 2.75) is 25.3 Å². The smallest absolute Gasteiger partial charge is 0.335 e. The van der Waals surface area contributed by atoms with Crippen molar-refractivity contribution in [1.82, 2.24) is 9.71 Å². The van der Waals surface area contributed by atoms with E-state index in [-0.39, 0.29) is 17.0 Å². The van der Waals surface area contributed by atoms with Crippen LogP contribution in [0.25, 0.3) is 0 Å². The Kier molecular flexibility index (Phi) is 4.40. The summed E-state index contributed by atoms with van der Waals surface area (Å²) < 4.78 is 26.9. The zero-order chi connectivity index (χ0) is 15.6. The van der Waals surface area contributed by atoms with Crippen molar-refractivity contribution in [2.75, 3.05) is 0 Å². The van der Waals surface area contributed by atoms with Gasteiger partial charge in [-0.25, -0.2) is 17.9 Å². The van der Waals surface area contributed by atoms with Gasteiger partial charge >= 0.3 is 5.97 Å². The maximum absolute atomic E-state index is 12.2. The maximum Gasteiger partial charge on any atom is 0.335 e. The molecule has 0 spiro atoms. The van der Waals surface area contributed by atoms with Crippen LogP contribution >= 0.6 is 11.3 Å². The monoisotopic (exact) mass is 326 g/mol. The van der Waals surface area contributed by atoms with Crippen molar-refractivity contribution in [3.05, 3.63) is 45.4 Å². The highest BCUT2D eigenvalue weighted by molar-refractivity contribution is 7.89. The number of sulfonamides is 1. The summed E-state index contributed by atoms with van der Waals surface area (Å²) in [6.07, 6.45) is 1.34. The van der Waals surface area contributed by atoms with Crippen molar-refractivity contribution in [2.24, 2.45) is 0 Å². The molecule has 0 aliphatic heterocycles. The molecule has 0 aliphatic rings. The minimum Gasteiger partial charge on any atom is -0.478 e. The molecule has 0 bridgehead atoms. The maximum atomic E-state index is 12.2. The van der Waals surface area contributed by atoms with E-state index in [2.05, 4.69) is 9.71 Å². The standard InChI is InChI=1S/C13H14N2O4S2/c1-8-5-12(9(2)20-8)21(18,19)15-7-11-6-10(13(16)17)3-4-14-11/h3-6,15H,7H2,1-2H3,(H,16,17). The molecule has 2 rings (SSSR count). The number of hydrogen-bond acceptors (Lipinski definition) is 5. The first kappa shape index (κ1) is 15.6. The predicted molar refractivity (Wildman–Crippen MR) is 79.0 cm³/mol. The number of rotatable bonds is 5. The first-order chi connectivity index (χ1) is 9.79. The van der Waals surface area contributed by atoms with Gasteiger partial charge in [0.2, 0.25) is 10.0 Å². The fraction of sp³-hybridized carbons (Fsp3) is 0.231. The number of carboxylic acid groups (broad SMARTS) is 1. The van der Waals surface area contributed by atoms with Gasteiger partial charge in [0.15, 0.2) is 0 Å². The van der Waals surface area contributed by atoms with Crippen LogP contribution in [0.1, 0.15) is 25.8 Å². The van der Waals surface area contributed by atoms with Crippen LogP contribution in [0, 0.1) is 13.8 Å². The van der Waals surface area contributed by atoms with E-state index in [0.717, 1.165) is 4.88 Å². The molecular formula is C13H14N2O4S2. The topological polar surface area (TPSA) is 96.4 Å². The number of hydrogen-bond donors (Lipinski definition) is 2. The number of carboxylic acids is 1. The van der Waals surface area contributed by atoms with Gasteiger partial charge in [-0.05, 0) is 32.0 Å². The summed E-state index contributed by atoms with van der Waals surface area (Å²) in [5.41, 5.74) is 0.421. The zero-order valence-electron chi connectivity index (χ0n) is 11.5. The molecule has 0 atom stereocenters. The minimum absolute atomic E-state index is 0.0578. The lowest BCUT2D eigenvalue weighted by atomic mass is 10.2. The number of nitrogens with zero attached hydrogens (tertiary/aromatic N) is 1. The van der Waals surface area contributed by atoms with E-state index in [0.29, 0.717) is 10.6 Å².